The molecule has 1 aromatic heterocycles. The van der Waals surface area contributed by atoms with Crippen molar-refractivity contribution in [2.75, 3.05) is 13.7 Å². The second-order valence-corrected chi connectivity index (χ2v) is 6.37. The first-order valence-corrected chi connectivity index (χ1v) is 8.95. The number of aliphatic carboxylic acids is 1. The summed E-state index contributed by atoms with van der Waals surface area (Å²) in [5, 5.41) is 17.5. The van der Waals surface area contributed by atoms with E-state index in [0.717, 1.165) is 29.5 Å². The Hall–Kier alpha value is -2.73. The number of fused-ring (bicyclic) bond motifs is 1. The molecule has 0 saturated heterocycles. The van der Waals surface area contributed by atoms with Gasteiger partial charge in [-0.2, -0.15) is 0 Å². The molecule has 1 heterocycles. The monoisotopic (exact) mass is 370 g/mol. The number of carboxylic acid groups (broad SMARTS) is 1. The predicted molar refractivity (Wildman–Crippen MR) is 106 cm³/mol. The lowest BCUT2D eigenvalue weighted by atomic mass is 9.97. The van der Waals surface area contributed by atoms with Gasteiger partial charge in [0, 0.05) is 30.8 Å². The van der Waals surface area contributed by atoms with Crippen molar-refractivity contribution in [3.63, 3.8) is 0 Å². The summed E-state index contributed by atoms with van der Waals surface area (Å²) in [6.45, 7) is 3.68. The Bertz CT molecular complexity index is 845. The average Bonchev–Trinajstić information content (AvgIpc) is 2.68. The van der Waals surface area contributed by atoms with Gasteiger partial charge in [0.2, 0.25) is 0 Å². The minimum absolute atomic E-state index is 0.0930. The molecule has 0 aliphatic heterocycles. The molecule has 6 nitrogen and oxygen atoms in total. The van der Waals surface area contributed by atoms with Crippen LogP contribution in [0.15, 0.2) is 41.5 Å². The maximum Gasteiger partial charge on any atom is 0.341 e. The molecule has 144 valence electrons. The number of para-hydroxylation sites is 1. The van der Waals surface area contributed by atoms with E-state index < -0.39 is 12.6 Å². The third-order valence-corrected chi connectivity index (χ3v) is 4.45. The van der Waals surface area contributed by atoms with Crippen LogP contribution in [0.2, 0.25) is 0 Å². The van der Waals surface area contributed by atoms with Crippen molar-refractivity contribution in [2.24, 2.45) is 0 Å². The van der Waals surface area contributed by atoms with Crippen molar-refractivity contribution in [3.05, 3.63) is 47.2 Å². The van der Waals surface area contributed by atoms with E-state index in [0.29, 0.717) is 17.7 Å². The van der Waals surface area contributed by atoms with Gasteiger partial charge in [-0.25, -0.2) is 9.78 Å². The van der Waals surface area contributed by atoms with Crippen LogP contribution >= 0.6 is 0 Å². The molecule has 0 aliphatic carbocycles. The predicted octanol–water partition coefficient (Wildman–Crippen LogP) is 4.02. The molecule has 2 N–H and O–H groups in total. The van der Waals surface area contributed by atoms with Crippen LogP contribution in [0.4, 0.5) is 0 Å². The SMILES string of the molecule is CC/C(CC(C)OC)=C(\C=N)Cc1ccc2cccc(OCC(=O)O)c2n1. The van der Waals surface area contributed by atoms with Gasteiger partial charge >= 0.3 is 5.97 Å². The quantitative estimate of drug-likeness (QED) is 0.616. The summed E-state index contributed by atoms with van der Waals surface area (Å²) in [6.07, 6.45) is 3.64. The van der Waals surface area contributed by atoms with Gasteiger partial charge in [0.25, 0.3) is 0 Å². The third kappa shape index (κ3) is 5.62. The van der Waals surface area contributed by atoms with Crippen LogP contribution in [0.25, 0.3) is 10.9 Å². The van der Waals surface area contributed by atoms with Gasteiger partial charge in [-0.1, -0.05) is 30.7 Å². The molecule has 27 heavy (non-hydrogen) atoms. The van der Waals surface area contributed by atoms with E-state index in [1.165, 1.54) is 11.8 Å². The molecule has 2 rings (SSSR count). The zero-order chi connectivity index (χ0) is 19.8. The molecule has 0 bridgehead atoms. The lowest BCUT2D eigenvalue weighted by Crippen LogP contribution is -2.10. The van der Waals surface area contributed by atoms with Gasteiger partial charge in [-0.3, -0.25) is 0 Å². The summed E-state index contributed by atoms with van der Waals surface area (Å²) in [5.74, 6) is -0.585. The fraction of sp³-hybridized carbons (Fsp3) is 0.381. The van der Waals surface area contributed by atoms with Crippen molar-refractivity contribution in [2.45, 2.75) is 39.2 Å². The maximum atomic E-state index is 10.8. The first kappa shape index (κ1) is 20.6. The van der Waals surface area contributed by atoms with Crippen LogP contribution in [0, 0.1) is 5.41 Å². The number of nitrogens with one attached hydrogen (secondary N) is 1. The number of rotatable bonds is 10. The Morgan fingerprint density at radius 3 is 2.74 bits per heavy atom. The summed E-state index contributed by atoms with van der Waals surface area (Å²) in [5.41, 5.74) is 3.54. The summed E-state index contributed by atoms with van der Waals surface area (Å²) in [6, 6.07) is 9.30. The largest absolute Gasteiger partial charge is 0.480 e. The highest BCUT2D eigenvalue weighted by Crippen LogP contribution is 2.25. The van der Waals surface area contributed by atoms with E-state index in [9.17, 15) is 4.79 Å². The molecule has 0 amide bonds. The zero-order valence-corrected chi connectivity index (χ0v) is 16.0. The Labute approximate surface area is 159 Å². The van der Waals surface area contributed by atoms with E-state index in [1.807, 2.05) is 31.2 Å². The van der Waals surface area contributed by atoms with Crippen LogP contribution in [-0.4, -0.2) is 42.1 Å². The lowest BCUT2D eigenvalue weighted by molar-refractivity contribution is -0.139. The molecule has 1 aromatic carbocycles. The van der Waals surface area contributed by atoms with Gasteiger partial charge in [0.05, 0.1) is 6.10 Å². The number of carbonyl (C=O) groups is 1. The van der Waals surface area contributed by atoms with E-state index in [1.54, 1.807) is 13.2 Å². The molecule has 1 unspecified atom stereocenters. The molecule has 2 aromatic rings. The molecule has 0 spiro atoms. The van der Waals surface area contributed by atoms with Crippen molar-refractivity contribution in [1.82, 2.24) is 4.98 Å². The molecular formula is C21H26N2O4. The minimum atomic E-state index is -1.03. The van der Waals surface area contributed by atoms with Crippen LogP contribution in [0.1, 0.15) is 32.4 Å². The average molecular weight is 370 g/mol. The highest BCUT2D eigenvalue weighted by molar-refractivity contribution is 5.85. The lowest BCUT2D eigenvalue weighted by Gasteiger charge is -2.15. The molecular weight excluding hydrogens is 344 g/mol. The highest BCUT2D eigenvalue weighted by atomic mass is 16.5. The first-order chi connectivity index (χ1) is 13.0. The topological polar surface area (TPSA) is 92.5 Å². The number of aromatic nitrogens is 1. The maximum absolute atomic E-state index is 10.8. The number of methoxy groups -OCH3 is 1. The smallest absolute Gasteiger partial charge is 0.341 e. The zero-order valence-electron chi connectivity index (χ0n) is 16.0. The van der Waals surface area contributed by atoms with E-state index in [-0.39, 0.29) is 6.10 Å². The van der Waals surface area contributed by atoms with Gasteiger partial charge < -0.3 is 20.0 Å². The van der Waals surface area contributed by atoms with E-state index in [4.69, 9.17) is 20.0 Å². The van der Waals surface area contributed by atoms with Gasteiger partial charge in [-0.05, 0) is 37.5 Å². The molecule has 0 fully saturated rings. The van der Waals surface area contributed by atoms with Crippen LogP contribution in [0.5, 0.6) is 5.75 Å². The molecule has 0 aliphatic rings. The van der Waals surface area contributed by atoms with Crippen molar-refractivity contribution in [3.8, 4) is 5.75 Å². The summed E-state index contributed by atoms with van der Waals surface area (Å²) < 4.78 is 10.7. The Kier molecular flexibility index (Phi) is 7.49. The van der Waals surface area contributed by atoms with Gasteiger partial charge in [0.1, 0.15) is 11.3 Å². The van der Waals surface area contributed by atoms with Gasteiger partial charge in [0.15, 0.2) is 6.61 Å². The second kappa shape index (κ2) is 9.83. The van der Waals surface area contributed by atoms with Crippen molar-refractivity contribution < 1.29 is 19.4 Å². The summed E-state index contributed by atoms with van der Waals surface area (Å²) in [4.78, 5) is 15.5. The number of nitrogens with zero attached hydrogens (tertiary/aromatic N) is 1. The second-order valence-electron chi connectivity index (χ2n) is 6.37. The summed E-state index contributed by atoms with van der Waals surface area (Å²) in [7, 11) is 1.69. The fourth-order valence-electron chi connectivity index (χ4n) is 2.92. The molecule has 0 saturated carbocycles. The first-order valence-electron chi connectivity index (χ1n) is 8.95. The number of hydrogen-bond donors (Lipinski definition) is 2. The Morgan fingerprint density at radius 1 is 1.33 bits per heavy atom. The molecule has 6 heteroatoms. The number of hydrogen-bond acceptors (Lipinski definition) is 5. The number of allylic oxidation sites excluding steroid dienone is 1. The molecule has 0 radical (unpaired) electrons. The Morgan fingerprint density at radius 2 is 2.11 bits per heavy atom. The third-order valence-electron chi connectivity index (χ3n) is 4.45. The minimum Gasteiger partial charge on any atom is -0.480 e. The number of ether oxygens (including phenoxy) is 2. The van der Waals surface area contributed by atoms with Gasteiger partial charge in [-0.15, -0.1) is 0 Å². The number of benzene rings is 1. The van der Waals surface area contributed by atoms with Crippen LogP contribution < -0.4 is 4.74 Å². The van der Waals surface area contributed by atoms with Crippen molar-refractivity contribution >= 4 is 23.1 Å². The van der Waals surface area contributed by atoms with Crippen LogP contribution in [-0.2, 0) is 16.0 Å². The normalized spacial score (nSPS) is 13.1. The fourth-order valence-corrected chi connectivity index (χ4v) is 2.92. The molecule has 1 atom stereocenters. The van der Waals surface area contributed by atoms with Crippen LogP contribution in [0.3, 0.4) is 0 Å². The van der Waals surface area contributed by atoms with E-state index >= 15 is 0 Å². The number of pyridine rings is 1. The highest BCUT2D eigenvalue weighted by Gasteiger charge is 2.11. The Balaban J connectivity index is 2.35. The van der Waals surface area contributed by atoms with Crippen molar-refractivity contribution in [1.29, 1.82) is 5.41 Å². The summed E-state index contributed by atoms with van der Waals surface area (Å²) >= 11 is 0. The standard InChI is InChI=1S/C21H26N2O4/c1-4-15(10-14(2)26-3)17(12-22)11-18-9-8-16-6-5-7-19(21(16)23-18)27-13-20(24)25/h5-9,12,14,22H,4,10-11,13H2,1-3H3,(H,24,25)/b17-15+,22-12?. The number of carboxylic acids is 1. The van der Waals surface area contributed by atoms with E-state index in [2.05, 4.69) is 11.9 Å².